The van der Waals surface area contributed by atoms with Gasteiger partial charge in [0.25, 0.3) is 0 Å². The highest BCUT2D eigenvalue weighted by atomic mass is 19.1. The van der Waals surface area contributed by atoms with Gasteiger partial charge in [-0.25, -0.2) is 4.39 Å². The van der Waals surface area contributed by atoms with E-state index in [2.05, 4.69) is 5.32 Å². The van der Waals surface area contributed by atoms with Crippen LogP contribution in [0, 0.1) is 17.2 Å². The number of ether oxygens (including phenoxy) is 1. The first kappa shape index (κ1) is 13.1. The molecule has 2 fully saturated rings. The standard InChI is InChI=1S/C16H22FNO/c1-19-11-16(13-4-5-13)8-9-18-10-15(16)12-2-6-14(17)7-3-12/h2-3,6-7,13,15,18H,4-5,8-11H2,1H3. The van der Waals surface area contributed by atoms with Crippen LogP contribution in [-0.4, -0.2) is 26.8 Å². The van der Waals surface area contributed by atoms with E-state index in [0.717, 1.165) is 32.0 Å². The van der Waals surface area contributed by atoms with Gasteiger partial charge in [-0.05, 0) is 49.4 Å². The maximum Gasteiger partial charge on any atom is 0.123 e. The number of hydrogen-bond donors (Lipinski definition) is 1. The van der Waals surface area contributed by atoms with E-state index in [1.54, 1.807) is 19.2 Å². The number of hydrogen-bond acceptors (Lipinski definition) is 2. The molecule has 1 saturated heterocycles. The van der Waals surface area contributed by atoms with Crippen LogP contribution in [-0.2, 0) is 4.74 Å². The van der Waals surface area contributed by atoms with Crippen LogP contribution in [0.3, 0.4) is 0 Å². The number of nitrogens with one attached hydrogen (secondary N) is 1. The summed E-state index contributed by atoms with van der Waals surface area (Å²) in [6.45, 7) is 2.87. The van der Waals surface area contributed by atoms with Crippen molar-refractivity contribution in [2.24, 2.45) is 11.3 Å². The summed E-state index contributed by atoms with van der Waals surface area (Å²) in [5, 5.41) is 3.49. The lowest BCUT2D eigenvalue weighted by molar-refractivity contribution is 0.0184. The summed E-state index contributed by atoms with van der Waals surface area (Å²) in [5.74, 6) is 1.06. The third-order valence-corrected chi connectivity index (χ3v) is 4.89. The Hall–Kier alpha value is -0.930. The van der Waals surface area contributed by atoms with E-state index in [9.17, 15) is 4.39 Å². The lowest BCUT2D eigenvalue weighted by atomic mass is 9.65. The van der Waals surface area contributed by atoms with E-state index in [-0.39, 0.29) is 11.2 Å². The highest BCUT2D eigenvalue weighted by Crippen LogP contribution is 2.56. The molecule has 0 aromatic heterocycles. The molecule has 0 spiro atoms. The number of methoxy groups -OCH3 is 1. The van der Waals surface area contributed by atoms with Crippen molar-refractivity contribution in [2.45, 2.75) is 25.2 Å². The summed E-state index contributed by atoms with van der Waals surface area (Å²) in [5.41, 5.74) is 1.50. The number of benzene rings is 1. The molecule has 0 radical (unpaired) electrons. The molecule has 2 unspecified atom stereocenters. The molecule has 104 valence electrons. The smallest absolute Gasteiger partial charge is 0.123 e. The zero-order valence-electron chi connectivity index (χ0n) is 11.5. The minimum atomic E-state index is -0.156. The monoisotopic (exact) mass is 263 g/mol. The predicted molar refractivity (Wildman–Crippen MR) is 73.7 cm³/mol. The Labute approximate surface area is 114 Å². The maximum atomic E-state index is 13.1. The number of rotatable bonds is 4. The van der Waals surface area contributed by atoms with Crippen molar-refractivity contribution in [3.8, 4) is 0 Å². The summed E-state index contributed by atoms with van der Waals surface area (Å²) in [7, 11) is 1.80. The minimum absolute atomic E-state index is 0.156. The van der Waals surface area contributed by atoms with Gasteiger partial charge in [0, 0.05) is 25.0 Å². The first-order valence-electron chi connectivity index (χ1n) is 7.21. The first-order valence-corrected chi connectivity index (χ1v) is 7.21. The van der Waals surface area contributed by atoms with E-state index in [0.29, 0.717) is 5.92 Å². The highest BCUT2D eigenvalue weighted by Gasteiger charge is 2.51. The molecule has 3 rings (SSSR count). The lowest BCUT2D eigenvalue weighted by Crippen LogP contribution is -2.47. The second-order valence-electron chi connectivity index (χ2n) is 6.00. The summed E-state index contributed by atoms with van der Waals surface area (Å²) in [4.78, 5) is 0. The third kappa shape index (κ3) is 2.41. The molecule has 1 aromatic rings. The molecule has 1 N–H and O–H groups in total. The topological polar surface area (TPSA) is 21.3 Å². The van der Waals surface area contributed by atoms with Crippen LogP contribution in [0.25, 0.3) is 0 Å². The second-order valence-corrected chi connectivity index (χ2v) is 6.00. The molecule has 1 aliphatic heterocycles. The Morgan fingerprint density at radius 3 is 2.68 bits per heavy atom. The van der Waals surface area contributed by atoms with Gasteiger partial charge in [-0.15, -0.1) is 0 Å². The summed E-state index contributed by atoms with van der Waals surface area (Å²) < 4.78 is 18.7. The second kappa shape index (κ2) is 5.22. The summed E-state index contributed by atoms with van der Waals surface area (Å²) >= 11 is 0. The van der Waals surface area contributed by atoms with Crippen LogP contribution in [0.2, 0.25) is 0 Å². The van der Waals surface area contributed by atoms with Gasteiger partial charge < -0.3 is 10.1 Å². The van der Waals surface area contributed by atoms with Crippen molar-refractivity contribution in [1.29, 1.82) is 0 Å². The van der Waals surface area contributed by atoms with Crippen molar-refractivity contribution in [3.63, 3.8) is 0 Å². The molecule has 1 heterocycles. The highest BCUT2D eigenvalue weighted by molar-refractivity contribution is 5.26. The normalized spacial score (nSPS) is 31.4. The summed E-state index contributed by atoms with van der Waals surface area (Å²) in [6.07, 6.45) is 3.80. The molecular formula is C16H22FNO. The van der Waals surface area contributed by atoms with E-state index in [1.165, 1.54) is 18.4 Å². The molecule has 2 aliphatic rings. The van der Waals surface area contributed by atoms with Gasteiger partial charge in [-0.1, -0.05) is 12.1 Å². The molecule has 2 nitrogen and oxygen atoms in total. The third-order valence-electron chi connectivity index (χ3n) is 4.89. The summed E-state index contributed by atoms with van der Waals surface area (Å²) in [6, 6.07) is 7.04. The van der Waals surface area contributed by atoms with Gasteiger partial charge in [-0.2, -0.15) is 0 Å². The molecule has 1 saturated carbocycles. The molecule has 2 atom stereocenters. The zero-order chi connectivity index (χ0) is 13.3. The van der Waals surface area contributed by atoms with Crippen molar-refractivity contribution in [1.82, 2.24) is 5.32 Å². The Balaban J connectivity index is 1.93. The molecule has 0 amide bonds. The molecule has 1 aliphatic carbocycles. The average molecular weight is 263 g/mol. The van der Waals surface area contributed by atoms with Crippen LogP contribution in [0.1, 0.15) is 30.7 Å². The Morgan fingerprint density at radius 2 is 2.05 bits per heavy atom. The average Bonchev–Trinajstić information content (AvgIpc) is 3.25. The fourth-order valence-electron chi connectivity index (χ4n) is 3.80. The Morgan fingerprint density at radius 1 is 1.32 bits per heavy atom. The molecular weight excluding hydrogens is 241 g/mol. The molecule has 19 heavy (non-hydrogen) atoms. The van der Waals surface area contributed by atoms with Crippen LogP contribution in [0.15, 0.2) is 24.3 Å². The predicted octanol–water partition coefficient (Wildman–Crippen LogP) is 2.95. The first-order chi connectivity index (χ1) is 9.26. The van der Waals surface area contributed by atoms with Gasteiger partial charge in [0.2, 0.25) is 0 Å². The molecule has 0 bridgehead atoms. The SMILES string of the molecule is COCC1(C2CC2)CCNCC1c1ccc(F)cc1. The zero-order valence-corrected chi connectivity index (χ0v) is 11.5. The maximum absolute atomic E-state index is 13.1. The largest absolute Gasteiger partial charge is 0.384 e. The minimum Gasteiger partial charge on any atom is -0.384 e. The van der Waals surface area contributed by atoms with Crippen molar-refractivity contribution in [2.75, 3.05) is 26.8 Å². The van der Waals surface area contributed by atoms with Crippen LogP contribution in [0.4, 0.5) is 4.39 Å². The Bertz CT molecular complexity index is 425. The van der Waals surface area contributed by atoms with Gasteiger partial charge in [-0.3, -0.25) is 0 Å². The van der Waals surface area contributed by atoms with Crippen LogP contribution >= 0.6 is 0 Å². The van der Waals surface area contributed by atoms with E-state index < -0.39 is 0 Å². The van der Waals surface area contributed by atoms with Crippen LogP contribution < -0.4 is 5.32 Å². The molecule has 3 heteroatoms. The van der Waals surface area contributed by atoms with Crippen molar-refractivity contribution in [3.05, 3.63) is 35.6 Å². The number of piperidine rings is 1. The quantitative estimate of drug-likeness (QED) is 0.902. The van der Waals surface area contributed by atoms with E-state index in [1.807, 2.05) is 12.1 Å². The van der Waals surface area contributed by atoms with Gasteiger partial charge >= 0.3 is 0 Å². The van der Waals surface area contributed by atoms with Crippen LogP contribution in [0.5, 0.6) is 0 Å². The van der Waals surface area contributed by atoms with Gasteiger partial charge in [0.15, 0.2) is 0 Å². The fraction of sp³-hybridized carbons (Fsp3) is 0.625. The molecule has 1 aromatic carbocycles. The fourth-order valence-corrected chi connectivity index (χ4v) is 3.80. The van der Waals surface area contributed by atoms with Gasteiger partial charge in [0.1, 0.15) is 5.82 Å². The lowest BCUT2D eigenvalue weighted by Gasteiger charge is -2.45. The number of halogens is 1. The van der Waals surface area contributed by atoms with Crippen molar-refractivity contribution < 1.29 is 9.13 Å². The van der Waals surface area contributed by atoms with E-state index >= 15 is 0 Å². The Kier molecular flexibility index (Phi) is 3.59. The van der Waals surface area contributed by atoms with Gasteiger partial charge in [0.05, 0.1) is 6.61 Å². The van der Waals surface area contributed by atoms with E-state index in [4.69, 9.17) is 4.74 Å². The van der Waals surface area contributed by atoms with Crippen molar-refractivity contribution >= 4 is 0 Å².